The Morgan fingerprint density at radius 1 is 1.38 bits per heavy atom. The quantitative estimate of drug-likeness (QED) is 0.464. The Kier molecular flexibility index (Phi) is 8.99. The molecule has 1 fully saturated rings. The van der Waals surface area contributed by atoms with Crippen LogP contribution in [-0.2, 0) is 0 Å². The fourth-order valence-corrected chi connectivity index (χ4v) is 1.55. The van der Waals surface area contributed by atoms with Gasteiger partial charge in [-0.25, -0.2) is 5.84 Å². The van der Waals surface area contributed by atoms with Crippen molar-refractivity contribution in [2.75, 3.05) is 39.8 Å². The summed E-state index contributed by atoms with van der Waals surface area (Å²) in [6.07, 6.45) is 2.66. The van der Waals surface area contributed by atoms with Gasteiger partial charge >= 0.3 is 0 Å². The van der Waals surface area contributed by atoms with Gasteiger partial charge in [0.2, 0.25) is 0 Å². The first-order valence-electron chi connectivity index (χ1n) is 6.05. The maximum Gasteiger partial charge on any atom is 0.0340 e. The molecule has 0 aliphatic carbocycles. The average molecular weight is 229 g/mol. The van der Waals surface area contributed by atoms with Crippen LogP contribution in [0.1, 0.15) is 20.3 Å². The second kappa shape index (κ2) is 9.45. The zero-order valence-electron chi connectivity index (χ0n) is 10.9. The molecule has 5 heteroatoms. The molecule has 16 heavy (non-hydrogen) atoms. The van der Waals surface area contributed by atoms with Crippen molar-refractivity contribution in [3.63, 3.8) is 0 Å². The van der Waals surface area contributed by atoms with E-state index in [0.29, 0.717) is 0 Å². The van der Waals surface area contributed by atoms with Gasteiger partial charge in [-0.15, -0.1) is 0 Å². The molecule has 0 spiro atoms. The standard InChI is InChI=1S/C9H21N5.C2H6/c1-13(11)8-9(10)2-5-14-6-3-12-4-7-14;1-2/h8,12H,2-7,10-11H2,1H3;1-2H3/b9-8-;. The highest BCUT2D eigenvalue weighted by molar-refractivity contribution is 4.95. The number of hydrazine groups is 1. The summed E-state index contributed by atoms with van der Waals surface area (Å²) in [7, 11) is 1.78. The number of rotatable bonds is 4. The molecule has 0 bridgehead atoms. The molecule has 1 aliphatic heterocycles. The fraction of sp³-hybridized carbons (Fsp3) is 0.818. The van der Waals surface area contributed by atoms with E-state index in [-0.39, 0.29) is 0 Å². The van der Waals surface area contributed by atoms with Crippen molar-refractivity contribution in [1.82, 2.24) is 15.2 Å². The lowest BCUT2D eigenvalue weighted by Crippen LogP contribution is -2.44. The highest BCUT2D eigenvalue weighted by atomic mass is 15.4. The minimum atomic E-state index is 0.841. The highest BCUT2D eigenvalue weighted by Crippen LogP contribution is 1.99. The molecule has 1 aliphatic rings. The first-order valence-corrected chi connectivity index (χ1v) is 6.05. The molecule has 0 aromatic rings. The predicted octanol–water partition coefficient (Wildman–Crippen LogP) is -0.0865. The zero-order chi connectivity index (χ0) is 12.4. The first kappa shape index (κ1) is 15.2. The van der Waals surface area contributed by atoms with Crippen LogP contribution in [-0.4, -0.2) is 49.7 Å². The molecule has 96 valence electrons. The van der Waals surface area contributed by atoms with E-state index in [1.165, 1.54) is 5.01 Å². The van der Waals surface area contributed by atoms with Crippen molar-refractivity contribution in [2.24, 2.45) is 11.6 Å². The van der Waals surface area contributed by atoms with Crippen LogP contribution in [0.4, 0.5) is 0 Å². The van der Waals surface area contributed by atoms with Gasteiger partial charge in [-0.05, 0) is 0 Å². The Hall–Kier alpha value is -0.780. The lowest BCUT2D eigenvalue weighted by atomic mass is 10.3. The molecule has 5 N–H and O–H groups in total. The molecule has 0 atom stereocenters. The first-order chi connectivity index (χ1) is 7.68. The third-order valence-corrected chi connectivity index (χ3v) is 2.30. The second-order valence-corrected chi connectivity index (χ2v) is 3.71. The van der Waals surface area contributed by atoms with Gasteiger partial charge < -0.3 is 21.0 Å². The van der Waals surface area contributed by atoms with Gasteiger partial charge in [0.05, 0.1) is 0 Å². The van der Waals surface area contributed by atoms with Gasteiger partial charge in [-0.1, -0.05) is 13.8 Å². The van der Waals surface area contributed by atoms with Gasteiger partial charge in [0.1, 0.15) is 0 Å². The monoisotopic (exact) mass is 229 g/mol. The van der Waals surface area contributed by atoms with Crippen LogP contribution < -0.4 is 16.9 Å². The number of hydrogen-bond acceptors (Lipinski definition) is 5. The predicted molar refractivity (Wildman–Crippen MR) is 69.5 cm³/mol. The Morgan fingerprint density at radius 3 is 2.44 bits per heavy atom. The molecule has 5 nitrogen and oxygen atoms in total. The van der Waals surface area contributed by atoms with Gasteiger partial charge in [0.25, 0.3) is 0 Å². The fourth-order valence-electron chi connectivity index (χ4n) is 1.55. The summed E-state index contributed by atoms with van der Waals surface area (Å²) < 4.78 is 0. The van der Waals surface area contributed by atoms with Gasteiger partial charge in [0, 0.05) is 58.1 Å². The molecule has 0 saturated carbocycles. The van der Waals surface area contributed by atoms with Gasteiger partial charge in [0.15, 0.2) is 0 Å². The second-order valence-electron chi connectivity index (χ2n) is 3.71. The molecule has 1 heterocycles. The minimum Gasteiger partial charge on any atom is -0.401 e. The van der Waals surface area contributed by atoms with Crippen molar-refractivity contribution in [3.8, 4) is 0 Å². The Bertz CT molecular complexity index is 185. The van der Waals surface area contributed by atoms with Gasteiger partial charge in [-0.2, -0.15) is 0 Å². The number of nitrogens with two attached hydrogens (primary N) is 2. The molecule has 0 aromatic carbocycles. The minimum absolute atomic E-state index is 0.841. The molecule has 1 saturated heterocycles. The number of nitrogens with one attached hydrogen (secondary N) is 1. The zero-order valence-corrected chi connectivity index (χ0v) is 10.9. The summed E-state index contributed by atoms with van der Waals surface area (Å²) in [6.45, 7) is 9.43. The summed E-state index contributed by atoms with van der Waals surface area (Å²) >= 11 is 0. The molecular formula is C11H27N5. The molecule has 0 amide bonds. The van der Waals surface area contributed by atoms with Gasteiger partial charge in [-0.3, -0.25) is 0 Å². The maximum absolute atomic E-state index is 5.79. The van der Waals surface area contributed by atoms with Crippen LogP contribution in [0.2, 0.25) is 0 Å². The summed E-state index contributed by atoms with van der Waals surface area (Å²) in [4.78, 5) is 2.41. The largest absolute Gasteiger partial charge is 0.401 e. The Balaban J connectivity index is 0.00000106. The Labute approximate surface area is 99.4 Å². The van der Waals surface area contributed by atoms with Crippen LogP contribution in [0.25, 0.3) is 0 Å². The van der Waals surface area contributed by atoms with E-state index >= 15 is 0 Å². The number of nitrogens with zero attached hydrogens (tertiary/aromatic N) is 2. The van der Waals surface area contributed by atoms with Crippen molar-refractivity contribution in [3.05, 3.63) is 11.9 Å². The maximum atomic E-state index is 5.79. The van der Waals surface area contributed by atoms with Crippen LogP contribution in [0.3, 0.4) is 0 Å². The van der Waals surface area contributed by atoms with Crippen LogP contribution in [0.5, 0.6) is 0 Å². The summed E-state index contributed by atoms with van der Waals surface area (Å²) in [5.41, 5.74) is 6.63. The molecule has 0 aromatic heterocycles. The van der Waals surface area contributed by atoms with E-state index in [1.54, 1.807) is 13.2 Å². The highest BCUT2D eigenvalue weighted by Gasteiger charge is 2.08. The lowest BCUT2D eigenvalue weighted by Gasteiger charge is -2.27. The van der Waals surface area contributed by atoms with Crippen LogP contribution in [0.15, 0.2) is 11.9 Å². The Morgan fingerprint density at radius 2 is 1.94 bits per heavy atom. The number of hydrogen-bond donors (Lipinski definition) is 3. The number of piperazine rings is 1. The third kappa shape index (κ3) is 7.50. The summed E-state index contributed by atoms with van der Waals surface area (Å²) in [5, 5.41) is 4.81. The van der Waals surface area contributed by atoms with E-state index in [2.05, 4.69) is 10.2 Å². The van der Waals surface area contributed by atoms with E-state index in [0.717, 1.165) is 44.8 Å². The topological polar surface area (TPSA) is 70.5 Å². The summed E-state index contributed by atoms with van der Waals surface area (Å²) in [5.74, 6) is 5.46. The molecular weight excluding hydrogens is 202 g/mol. The molecule has 0 unspecified atom stereocenters. The van der Waals surface area contributed by atoms with Crippen molar-refractivity contribution < 1.29 is 0 Å². The smallest absolute Gasteiger partial charge is 0.0340 e. The van der Waals surface area contributed by atoms with Crippen molar-refractivity contribution >= 4 is 0 Å². The van der Waals surface area contributed by atoms with Crippen molar-refractivity contribution in [2.45, 2.75) is 20.3 Å². The SMILES string of the molecule is CC.CN(N)/C=C(\N)CCN1CCNCC1. The van der Waals surface area contributed by atoms with Crippen LogP contribution in [0, 0.1) is 0 Å². The van der Waals surface area contributed by atoms with Crippen LogP contribution >= 0.6 is 0 Å². The third-order valence-electron chi connectivity index (χ3n) is 2.30. The van der Waals surface area contributed by atoms with Crippen molar-refractivity contribution in [1.29, 1.82) is 0 Å². The lowest BCUT2D eigenvalue weighted by molar-refractivity contribution is 0.243. The van der Waals surface area contributed by atoms with E-state index in [4.69, 9.17) is 11.6 Å². The van der Waals surface area contributed by atoms with E-state index < -0.39 is 0 Å². The van der Waals surface area contributed by atoms with E-state index in [9.17, 15) is 0 Å². The summed E-state index contributed by atoms with van der Waals surface area (Å²) in [6, 6.07) is 0. The molecule has 1 rings (SSSR count). The normalized spacial score (nSPS) is 17.6. The average Bonchev–Trinajstić information content (AvgIpc) is 2.30. The molecule has 0 radical (unpaired) electrons. The van der Waals surface area contributed by atoms with E-state index in [1.807, 2.05) is 13.8 Å².